The first-order chi connectivity index (χ1) is 12.2. The molecule has 0 unspecified atom stereocenters. The number of imidazole rings is 1. The van der Waals surface area contributed by atoms with Gasteiger partial charge in [0.25, 0.3) is 0 Å². The van der Waals surface area contributed by atoms with Crippen molar-refractivity contribution in [2.24, 2.45) is 7.05 Å². The van der Waals surface area contributed by atoms with Crippen molar-refractivity contribution in [2.45, 2.75) is 65.5 Å². The number of hydrogen-bond acceptors (Lipinski definition) is 5. The minimum atomic E-state index is -0.102. The molecule has 3 rings (SSSR count). The van der Waals surface area contributed by atoms with Crippen LogP contribution >= 0.6 is 0 Å². The van der Waals surface area contributed by atoms with Crippen LogP contribution < -0.4 is 4.90 Å². The average molecular weight is 358 g/mol. The van der Waals surface area contributed by atoms with Crippen molar-refractivity contribution in [2.75, 3.05) is 18.6 Å². The number of anilines is 1. The minimum Gasteiger partial charge on any atom is -0.378 e. The molecule has 0 amide bonds. The summed E-state index contributed by atoms with van der Waals surface area (Å²) in [7, 11) is 3.84. The van der Waals surface area contributed by atoms with Gasteiger partial charge in [-0.05, 0) is 0 Å². The molecule has 6 nitrogen and oxygen atoms in total. The smallest absolute Gasteiger partial charge is 0.136 e. The molecule has 0 spiro atoms. The highest BCUT2D eigenvalue weighted by Gasteiger charge is 2.26. The molecular weight excluding hydrogens is 326 g/mol. The molecule has 3 heterocycles. The maximum absolute atomic E-state index is 5.32. The van der Waals surface area contributed by atoms with E-state index in [-0.39, 0.29) is 5.41 Å². The first-order valence-electron chi connectivity index (χ1n) is 9.37. The van der Waals surface area contributed by atoms with Crippen LogP contribution in [0.4, 0.5) is 5.82 Å². The van der Waals surface area contributed by atoms with Gasteiger partial charge in [-0.3, -0.25) is 0 Å². The fourth-order valence-corrected chi connectivity index (χ4v) is 3.46. The highest BCUT2D eigenvalue weighted by molar-refractivity contribution is 5.43. The normalized spacial score (nSPS) is 14.8. The molecule has 0 saturated heterocycles. The van der Waals surface area contributed by atoms with Crippen molar-refractivity contribution in [3.05, 3.63) is 34.8 Å². The van der Waals surface area contributed by atoms with Gasteiger partial charge in [0.05, 0.1) is 24.5 Å². The lowest BCUT2D eigenvalue weighted by molar-refractivity contribution is 0.181. The molecule has 2 aromatic rings. The van der Waals surface area contributed by atoms with E-state index in [4.69, 9.17) is 19.7 Å². The molecule has 6 heteroatoms. The summed E-state index contributed by atoms with van der Waals surface area (Å²) < 4.78 is 7.59. The van der Waals surface area contributed by atoms with Crippen molar-refractivity contribution in [1.29, 1.82) is 0 Å². The second-order valence-electron chi connectivity index (χ2n) is 8.47. The predicted molar refractivity (Wildman–Crippen MR) is 103 cm³/mol. The predicted octanol–water partition coefficient (Wildman–Crippen LogP) is 3.34. The molecule has 0 aromatic carbocycles. The molecule has 0 saturated carbocycles. The van der Waals surface area contributed by atoms with Gasteiger partial charge in [0.1, 0.15) is 17.5 Å². The molecule has 1 aliphatic rings. The summed E-state index contributed by atoms with van der Waals surface area (Å²) in [6.45, 7) is 13.1. The number of fused-ring (bicyclic) bond motifs is 1. The largest absolute Gasteiger partial charge is 0.378 e. The standard InChI is InChI=1S/C20H31N5O/c1-13(2)18-22-15-11-25(9-8-16(15)24(18)6)17-10-14(12-26-7)21-19(23-17)20(3,4)5/h10,13H,8-9,11-12H2,1-7H3. The molecular formula is C20H31N5O. The third-order valence-electron chi connectivity index (χ3n) is 4.86. The highest BCUT2D eigenvalue weighted by Crippen LogP contribution is 2.28. The van der Waals surface area contributed by atoms with Gasteiger partial charge in [-0.25, -0.2) is 15.0 Å². The maximum Gasteiger partial charge on any atom is 0.136 e. The number of aromatic nitrogens is 4. The fraction of sp³-hybridized carbons (Fsp3) is 0.650. The number of hydrogen-bond donors (Lipinski definition) is 0. The average Bonchev–Trinajstić information content (AvgIpc) is 2.91. The number of nitrogens with zero attached hydrogens (tertiary/aromatic N) is 5. The van der Waals surface area contributed by atoms with Crippen molar-refractivity contribution >= 4 is 5.82 Å². The van der Waals surface area contributed by atoms with Crippen molar-refractivity contribution in [3.8, 4) is 0 Å². The number of rotatable bonds is 4. The molecule has 0 bridgehead atoms. The van der Waals surface area contributed by atoms with Crippen LogP contribution in [0.15, 0.2) is 6.07 Å². The second kappa shape index (κ2) is 6.99. The van der Waals surface area contributed by atoms with Gasteiger partial charge >= 0.3 is 0 Å². The van der Waals surface area contributed by atoms with Crippen LogP contribution in [-0.4, -0.2) is 33.2 Å². The van der Waals surface area contributed by atoms with E-state index in [0.29, 0.717) is 12.5 Å². The van der Waals surface area contributed by atoms with E-state index in [1.807, 2.05) is 0 Å². The van der Waals surface area contributed by atoms with Crippen LogP contribution in [0.3, 0.4) is 0 Å². The summed E-state index contributed by atoms with van der Waals surface area (Å²) in [5.41, 5.74) is 3.35. The van der Waals surface area contributed by atoms with Crippen LogP contribution in [0.25, 0.3) is 0 Å². The topological polar surface area (TPSA) is 56.1 Å². The van der Waals surface area contributed by atoms with Crippen molar-refractivity contribution < 1.29 is 4.74 Å². The molecule has 0 N–H and O–H groups in total. The van der Waals surface area contributed by atoms with Gasteiger partial charge in [-0.1, -0.05) is 34.6 Å². The zero-order valence-electron chi connectivity index (χ0n) is 17.1. The van der Waals surface area contributed by atoms with Crippen LogP contribution in [0, 0.1) is 0 Å². The van der Waals surface area contributed by atoms with Gasteiger partial charge < -0.3 is 14.2 Å². The van der Waals surface area contributed by atoms with Crippen molar-refractivity contribution in [3.63, 3.8) is 0 Å². The Kier molecular flexibility index (Phi) is 5.06. The highest BCUT2D eigenvalue weighted by atomic mass is 16.5. The van der Waals surface area contributed by atoms with E-state index in [1.165, 1.54) is 11.4 Å². The second-order valence-corrected chi connectivity index (χ2v) is 8.47. The summed E-state index contributed by atoms with van der Waals surface area (Å²) in [4.78, 5) is 16.8. The number of ether oxygens (including phenoxy) is 1. The van der Waals surface area contributed by atoms with E-state index in [2.05, 4.69) is 57.2 Å². The van der Waals surface area contributed by atoms with E-state index >= 15 is 0 Å². The first-order valence-corrected chi connectivity index (χ1v) is 9.37. The van der Waals surface area contributed by atoms with Crippen LogP contribution in [-0.2, 0) is 36.8 Å². The zero-order chi connectivity index (χ0) is 19.1. The third-order valence-corrected chi connectivity index (χ3v) is 4.86. The fourth-order valence-electron chi connectivity index (χ4n) is 3.46. The SMILES string of the molecule is COCc1cc(N2CCc3c(nc(C(C)C)n3C)C2)nc(C(C)(C)C)n1. The Morgan fingerprint density at radius 2 is 1.92 bits per heavy atom. The Balaban J connectivity index is 1.95. The minimum absolute atomic E-state index is 0.102. The molecule has 0 fully saturated rings. The Morgan fingerprint density at radius 1 is 1.19 bits per heavy atom. The third kappa shape index (κ3) is 3.61. The molecule has 2 aromatic heterocycles. The quantitative estimate of drug-likeness (QED) is 0.840. The summed E-state index contributed by atoms with van der Waals surface area (Å²) in [6.07, 6.45) is 0.986. The molecule has 0 atom stereocenters. The van der Waals surface area contributed by atoms with Crippen molar-refractivity contribution in [1.82, 2.24) is 19.5 Å². The van der Waals surface area contributed by atoms with Gasteiger partial charge in [-0.2, -0.15) is 0 Å². The van der Waals surface area contributed by atoms with Gasteiger partial charge in [0.2, 0.25) is 0 Å². The van der Waals surface area contributed by atoms with Gasteiger partial charge in [-0.15, -0.1) is 0 Å². The summed E-state index contributed by atoms with van der Waals surface area (Å²) in [5, 5.41) is 0. The summed E-state index contributed by atoms with van der Waals surface area (Å²) in [5.74, 6) is 3.42. The van der Waals surface area contributed by atoms with Gasteiger partial charge in [0.15, 0.2) is 0 Å². The molecule has 1 aliphatic heterocycles. The summed E-state index contributed by atoms with van der Waals surface area (Å²) in [6, 6.07) is 2.05. The zero-order valence-corrected chi connectivity index (χ0v) is 17.1. The molecule has 26 heavy (non-hydrogen) atoms. The molecule has 0 aliphatic carbocycles. The summed E-state index contributed by atoms with van der Waals surface area (Å²) >= 11 is 0. The molecule has 142 valence electrons. The Bertz CT molecular complexity index is 788. The first kappa shape index (κ1) is 18.8. The molecule has 0 radical (unpaired) electrons. The van der Waals surface area contributed by atoms with Gasteiger partial charge in [0, 0.05) is 50.2 Å². The van der Waals surface area contributed by atoms with E-state index < -0.39 is 0 Å². The Labute approximate surface area is 156 Å². The van der Waals surface area contributed by atoms with E-state index in [1.54, 1.807) is 7.11 Å². The number of methoxy groups -OCH3 is 1. The Morgan fingerprint density at radius 3 is 2.54 bits per heavy atom. The van der Waals surface area contributed by atoms with Crippen LogP contribution in [0.2, 0.25) is 0 Å². The van der Waals surface area contributed by atoms with E-state index in [0.717, 1.165) is 42.7 Å². The lowest BCUT2D eigenvalue weighted by Crippen LogP contribution is -2.33. The van der Waals surface area contributed by atoms with Crippen LogP contribution in [0.1, 0.15) is 69.3 Å². The lowest BCUT2D eigenvalue weighted by Gasteiger charge is -2.29. The van der Waals surface area contributed by atoms with Crippen LogP contribution in [0.5, 0.6) is 0 Å². The van der Waals surface area contributed by atoms with E-state index in [9.17, 15) is 0 Å². The maximum atomic E-state index is 5.32. The monoisotopic (exact) mass is 357 g/mol. The Hall–Kier alpha value is -1.95. The lowest BCUT2D eigenvalue weighted by atomic mass is 9.95.